The molecule has 0 aliphatic carbocycles. The van der Waals surface area contributed by atoms with Crippen LogP contribution < -0.4 is 14.8 Å². The van der Waals surface area contributed by atoms with Crippen LogP contribution in [-0.4, -0.2) is 19.2 Å². The summed E-state index contributed by atoms with van der Waals surface area (Å²) in [5.74, 6) is 2.03. The van der Waals surface area contributed by atoms with Crippen LogP contribution in [0.15, 0.2) is 60.7 Å². The number of carbonyl (C=O) groups is 1. The predicted octanol–water partition coefficient (Wildman–Crippen LogP) is 4.65. The van der Waals surface area contributed by atoms with Crippen LogP contribution in [0.4, 0.5) is 0 Å². The van der Waals surface area contributed by atoms with E-state index in [4.69, 9.17) is 9.47 Å². The second-order valence-electron chi connectivity index (χ2n) is 6.40. The molecule has 0 unspecified atom stereocenters. The van der Waals surface area contributed by atoms with Crippen LogP contribution in [0.1, 0.15) is 32.3 Å². The molecule has 1 N–H and O–H groups in total. The molecule has 138 valence electrons. The lowest BCUT2D eigenvalue weighted by atomic mass is 10.1. The van der Waals surface area contributed by atoms with Gasteiger partial charge in [-0.25, -0.2) is 0 Å². The Morgan fingerprint density at radius 1 is 1.08 bits per heavy atom. The molecular weight excluding hydrogens is 326 g/mol. The number of ether oxygens (including phenoxy) is 2. The summed E-state index contributed by atoms with van der Waals surface area (Å²) in [7, 11) is 0. The van der Waals surface area contributed by atoms with Gasteiger partial charge >= 0.3 is 0 Å². The molecule has 1 aromatic carbocycles. The zero-order chi connectivity index (χ0) is 18.6. The van der Waals surface area contributed by atoms with Gasteiger partial charge in [-0.2, -0.15) is 0 Å². The Labute approximate surface area is 155 Å². The predicted molar refractivity (Wildman–Crippen MR) is 106 cm³/mol. The van der Waals surface area contributed by atoms with Crippen LogP contribution in [0.5, 0.6) is 11.5 Å². The number of rotatable bonds is 9. The highest BCUT2D eigenvalue weighted by Crippen LogP contribution is 2.32. The molecule has 4 heteroatoms. The molecule has 0 spiro atoms. The summed E-state index contributed by atoms with van der Waals surface area (Å²) in [6.45, 7) is 5.14. The van der Waals surface area contributed by atoms with Gasteiger partial charge in [0.15, 0.2) is 11.5 Å². The number of hydrogen-bond acceptors (Lipinski definition) is 3. The van der Waals surface area contributed by atoms with Gasteiger partial charge in [-0.15, -0.1) is 0 Å². The third-order valence-electron chi connectivity index (χ3n) is 3.61. The molecule has 1 aliphatic rings. The summed E-state index contributed by atoms with van der Waals surface area (Å²) in [6.07, 6.45) is 17.3. The summed E-state index contributed by atoms with van der Waals surface area (Å²) < 4.78 is 10.7. The lowest BCUT2D eigenvalue weighted by Crippen LogP contribution is -2.25. The van der Waals surface area contributed by atoms with Crippen molar-refractivity contribution >= 4 is 12.0 Å². The molecule has 4 nitrogen and oxygen atoms in total. The van der Waals surface area contributed by atoms with Crippen molar-refractivity contribution in [2.45, 2.75) is 26.7 Å². The largest absolute Gasteiger partial charge is 0.454 e. The molecule has 2 rings (SSSR count). The quantitative estimate of drug-likeness (QED) is 0.399. The highest BCUT2D eigenvalue weighted by atomic mass is 16.7. The minimum atomic E-state index is -0.0546. The Hall–Kier alpha value is -2.75. The van der Waals surface area contributed by atoms with E-state index in [1.165, 1.54) is 0 Å². The summed E-state index contributed by atoms with van der Waals surface area (Å²) in [6, 6.07) is 5.94. The molecule has 0 atom stereocenters. The molecule has 26 heavy (non-hydrogen) atoms. The summed E-state index contributed by atoms with van der Waals surface area (Å²) >= 11 is 0. The van der Waals surface area contributed by atoms with Crippen LogP contribution in [0.25, 0.3) is 6.08 Å². The van der Waals surface area contributed by atoms with Crippen LogP contribution >= 0.6 is 0 Å². The fourth-order valence-electron chi connectivity index (χ4n) is 2.24. The Morgan fingerprint density at radius 3 is 2.69 bits per heavy atom. The average molecular weight is 353 g/mol. The zero-order valence-electron chi connectivity index (χ0n) is 15.5. The van der Waals surface area contributed by atoms with Crippen LogP contribution in [-0.2, 0) is 4.79 Å². The van der Waals surface area contributed by atoms with Crippen molar-refractivity contribution in [1.29, 1.82) is 0 Å². The van der Waals surface area contributed by atoms with Gasteiger partial charge in [0.05, 0.1) is 0 Å². The van der Waals surface area contributed by atoms with E-state index >= 15 is 0 Å². The number of fused-ring (bicyclic) bond motifs is 1. The fraction of sp³-hybridized carbons (Fsp3) is 0.318. The van der Waals surface area contributed by atoms with Gasteiger partial charge < -0.3 is 14.8 Å². The Balaban J connectivity index is 1.61. The maximum absolute atomic E-state index is 11.5. The maximum atomic E-state index is 11.5. The van der Waals surface area contributed by atoms with Gasteiger partial charge in [0.25, 0.3) is 0 Å². The van der Waals surface area contributed by atoms with E-state index in [-0.39, 0.29) is 5.91 Å². The number of carbonyl (C=O) groups excluding carboxylic acids is 1. The number of allylic oxidation sites excluding steroid dienone is 6. The average Bonchev–Trinajstić information content (AvgIpc) is 3.09. The topological polar surface area (TPSA) is 47.6 Å². The number of unbranched alkanes of at least 4 members (excludes halogenated alkanes) is 1. The molecule has 0 radical (unpaired) electrons. The van der Waals surface area contributed by atoms with Gasteiger partial charge in [0, 0.05) is 12.6 Å². The van der Waals surface area contributed by atoms with Crippen molar-refractivity contribution in [3.8, 4) is 11.5 Å². The van der Waals surface area contributed by atoms with Crippen molar-refractivity contribution < 1.29 is 14.3 Å². The van der Waals surface area contributed by atoms with Gasteiger partial charge in [-0.05, 0) is 36.5 Å². The molecule has 1 amide bonds. The molecule has 0 saturated heterocycles. The molecule has 1 heterocycles. The first kappa shape index (κ1) is 19.6. The normalized spacial score (nSPS) is 13.8. The lowest BCUT2D eigenvalue weighted by molar-refractivity contribution is -0.116. The molecule has 0 fully saturated rings. The van der Waals surface area contributed by atoms with Crippen molar-refractivity contribution in [3.05, 3.63) is 66.3 Å². The minimum absolute atomic E-state index is 0.0546. The van der Waals surface area contributed by atoms with E-state index < -0.39 is 0 Å². The molecule has 0 aromatic heterocycles. The first-order valence-electron chi connectivity index (χ1n) is 8.99. The molecule has 0 bridgehead atoms. The van der Waals surface area contributed by atoms with Gasteiger partial charge in [0.2, 0.25) is 12.7 Å². The van der Waals surface area contributed by atoms with Crippen LogP contribution in [0.3, 0.4) is 0 Å². The second kappa shape index (κ2) is 11.0. The summed E-state index contributed by atoms with van der Waals surface area (Å²) in [4.78, 5) is 11.5. The van der Waals surface area contributed by atoms with E-state index in [2.05, 4.69) is 37.4 Å². The van der Waals surface area contributed by atoms with Crippen LogP contribution in [0.2, 0.25) is 0 Å². The number of amides is 1. The maximum Gasteiger partial charge on any atom is 0.243 e. The summed E-state index contributed by atoms with van der Waals surface area (Å²) in [5, 5.41) is 2.83. The van der Waals surface area contributed by atoms with Gasteiger partial charge in [-0.1, -0.05) is 62.4 Å². The van der Waals surface area contributed by atoms with Crippen molar-refractivity contribution in [2.75, 3.05) is 13.3 Å². The first-order valence-corrected chi connectivity index (χ1v) is 8.99. The lowest BCUT2D eigenvalue weighted by Gasteiger charge is -2.03. The van der Waals surface area contributed by atoms with E-state index in [1.54, 1.807) is 12.2 Å². The van der Waals surface area contributed by atoms with Crippen molar-refractivity contribution in [3.63, 3.8) is 0 Å². The molecule has 1 aliphatic heterocycles. The Bertz CT molecular complexity index is 699. The van der Waals surface area contributed by atoms with E-state index in [0.29, 0.717) is 19.3 Å². The van der Waals surface area contributed by atoms with E-state index in [9.17, 15) is 4.79 Å². The number of benzene rings is 1. The highest BCUT2D eigenvalue weighted by molar-refractivity contribution is 5.87. The van der Waals surface area contributed by atoms with E-state index in [0.717, 1.165) is 29.9 Å². The number of hydrogen-bond donors (Lipinski definition) is 1. The van der Waals surface area contributed by atoms with Crippen LogP contribution in [0, 0.1) is 5.92 Å². The highest BCUT2D eigenvalue weighted by Gasteiger charge is 2.11. The minimum Gasteiger partial charge on any atom is -0.454 e. The monoisotopic (exact) mass is 353 g/mol. The molecule has 1 aromatic rings. The molecular formula is C22H27NO3. The third-order valence-corrected chi connectivity index (χ3v) is 3.61. The first-order chi connectivity index (χ1) is 12.6. The van der Waals surface area contributed by atoms with E-state index in [1.807, 2.05) is 36.4 Å². The number of nitrogens with one attached hydrogen (secondary N) is 1. The zero-order valence-corrected chi connectivity index (χ0v) is 15.5. The smallest absolute Gasteiger partial charge is 0.243 e. The fourth-order valence-corrected chi connectivity index (χ4v) is 2.24. The Kier molecular flexibility index (Phi) is 8.27. The molecule has 0 saturated carbocycles. The SMILES string of the molecule is CC(C)CNC(=O)C=CC=CC=CCCC=Cc1ccc2c(c1)OCO2. The van der Waals surface area contributed by atoms with Crippen molar-refractivity contribution in [2.24, 2.45) is 5.92 Å². The van der Waals surface area contributed by atoms with Gasteiger partial charge in [0.1, 0.15) is 0 Å². The van der Waals surface area contributed by atoms with Crippen molar-refractivity contribution in [1.82, 2.24) is 5.32 Å². The second-order valence-corrected chi connectivity index (χ2v) is 6.40. The summed E-state index contributed by atoms with van der Waals surface area (Å²) in [5.41, 5.74) is 1.11. The van der Waals surface area contributed by atoms with Gasteiger partial charge in [-0.3, -0.25) is 4.79 Å². The standard InChI is InChI=1S/C22H27NO3/c1-18(2)16-23-22(24)12-10-8-6-4-3-5-7-9-11-19-13-14-20-21(15-19)26-17-25-20/h3-4,6,8-15,18H,5,7,16-17H2,1-2H3,(H,23,24). The Morgan fingerprint density at radius 2 is 1.85 bits per heavy atom. The third kappa shape index (κ3) is 7.43.